The summed E-state index contributed by atoms with van der Waals surface area (Å²) in [4.78, 5) is 21.6. The molecule has 6 nitrogen and oxygen atoms in total. The van der Waals surface area contributed by atoms with Crippen LogP contribution in [0.25, 0.3) is 33.1 Å². The summed E-state index contributed by atoms with van der Waals surface area (Å²) in [6.07, 6.45) is 2.91. The number of hydrogen-bond donors (Lipinski definition) is 0. The van der Waals surface area contributed by atoms with Gasteiger partial charge in [-0.1, -0.05) is 35.9 Å². The monoisotopic (exact) mass is 420 g/mol. The van der Waals surface area contributed by atoms with E-state index in [1.807, 2.05) is 6.92 Å². The lowest BCUT2D eigenvalue weighted by Gasteiger charge is -2.17. The lowest BCUT2D eigenvalue weighted by molar-refractivity contribution is 0.445. The van der Waals surface area contributed by atoms with Crippen molar-refractivity contribution in [1.29, 1.82) is 0 Å². The molecule has 0 radical (unpaired) electrons. The highest BCUT2D eigenvalue weighted by molar-refractivity contribution is 6.33. The van der Waals surface area contributed by atoms with Crippen LogP contribution in [0, 0.1) is 5.82 Å². The fourth-order valence-corrected chi connectivity index (χ4v) is 3.78. The Labute approximate surface area is 174 Å². The van der Waals surface area contributed by atoms with E-state index >= 15 is 0 Å². The summed E-state index contributed by atoms with van der Waals surface area (Å²) < 4.78 is 21.8. The van der Waals surface area contributed by atoms with Crippen LogP contribution in [-0.4, -0.2) is 19.7 Å². The van der Waals surface area contributed by atoms with Gasteiger partial charge in [-0.15, -0.1) is 0 Å². The summed E-state index contributed by atoms with van der Waals surface area (Å²) in [6, 6.07) is 12.3. The van der Waals surface area contributed by atoms with Crippen LogP contribution in [0.15, 0.2) is 70.3 Å². The molecule has 0 aliphatic rings. The molecule has 0 saturated carbocycles. The Morgan fingerprint density at radius 1 is 1.10 bits per heavy atom. The number of benzene rings is 2. The molecule has 1 unspecified atom stereocenters. The van der Waals surface area contributed by atoms with Crippen molar-refractivity contribution in [1.82, 2.24) is 19.7 Å². The van der Waals surface area contributed by atoms with Gasteiger partial charge in [0.25, 0.3) is 0 Å². The van der Waals surface area contributed by atoms with E-state index in [0.717, 1.165) is 0 Å². The fraction of sp³-hybridized carbons (Fsp3) is 0.0909. The third-order valence-electron chi connectivity index (χ3n) is 5.03. The molecule has 0 spiro atoms. The number of para-hydroxylation sites is 1. The zero-order valence-corrected chi connectivity index (χ0v) is 16.5. The van der Waals surface area contributed by atoms with E-state index < -0.39 is 11.9 Å². The van der Waals surface area contributed by atoms with Crippen LogP contribution in [0.1, 0.15) is 18.7 Å². The second-order valence-electron chi connectivity index (χ2n) is 6.84. The number of aromatic nitrogens is 4. The van der Waals surface area contributed by atoms with Gasteiger partial charge in [0, 0.05) is 0 Å². The van der Waals surface area contributed by atoms with E-state index in [0.29, 0.717) is 33.3 Å². The highest BCUT2D eigenvalue weighted by atomic mass is 35.5. The van der Waals surface area contributed by atoms with Gasteiger partial charge in [0.2, 0.25) is 5.43 Å². The number of nitrogens with zero attached hydrogens (tertiary/aromatic N) is 4. The Kier molecular flexibility index (Phi) is 4.33. The van der Waals surface area contributed by atoms with Gasteiger partial charge < -0.3 is 4.42 Å². The maximum absolute atomic E-state index is 14.0. The van der Waals surface area contributed by atoms with Crippen LogP contribution in [0.3, 0.4) is 0 Å². The largest absolute Gasteiger partial charge is 0.458 e. The van der Waals surface area contributed by atoms with Crippen molar-refractivity contribution in [2.75, 3.05) is 0 Å². The van der Waals surface area contributed by atoms with Gasteiger partial charge in [-0.3, -0.25) is 4.79 Å². The van der Waals surface area contributed by atoms with Crippen LogP contribution < -0.4 is 5.43 Å². The number of halogens is 2. The van der Waals surface area contributed by atoms with E-state index in [1.54, 1.807) is 47.3 Å². The van der Waals surface area contributed by atoms with Gasteiger partial charge in [0.05, 0.1) is 22.5 Å². The first-order valence-electron chi connectivity index (χ1n) is 9.20. The van der Waals surface area contributed by atoms with Crippen LogP contribution in [-0.2, 0) is 0 Å². The molecular weight excluding hydrogens is 407 g/mol. The van der Waals surface area contributed by atoms with E-state index in [4.69, 9.17) is 16.0 Å². The normalized spacial score (nSPS) is 12.5. The summed E-state index contributed by atoms with van der Waals surface area (Å²) in [5.41, 5.74) is 1.41. The predicted octanol–water partition coefficient (Wildman–Crippen LogP) is 5.00. The first-order valence-corrected chi connectivity index (χ1v) is 9.58. The van der Waals surface area contributed by atoms with Gasteiger partial charge in [0.1, 0.15) is 34.7 Å². The highest BCUT2D eigenvalue weighted by Gasteiger charge is 2.24. The van der Waals surface area contributed by atoms with Crippen molar-refractivity contribution >= 4 is 33.6 Å². The third-order valence-corrected chi connectivity index (χ3v) is 5.33. The fourth-order valence-electron chi connectivity index (χ4n) is 3.60. The number of fused-ring (bicyclic) bond motifs is 2. The second kappa shape index (κ2) is 7.03. The minimum absolute atomic E-state index is 0.242. The van der Waals surface area contributed by atoms with Gasteiger partial charge in [-0.2, -0.15) is 5.10 Å². The quantitative estimate of drug-likeness (QED) is 0.384. The molecule has 148 valence electrons. The molecule has 0 N–H and O–H groups in total. The Hall–Kier alpha value is -3.58. The SMILES string of the molecule is CC(c1oc2ccccc2c(=O)c1-c1cccc(F)c1)n1ncc2c(Cl)ncnc21. The average molecular weight is 421 g/mol. The molecule has 0 saturated heterocycles. The smallest absolute Gasteiger partial charge is 0.200 e. The Morgan fingerprint density at radius 3 is 2.77 bits per heavy atom. The summed E-state index contributed by atoms with van der Waals surface area (Å²) in [5, 5.41) is 5.67. The molecular formula is C22H14ClFN4O2. The van der Waals surface area contributed by atoms with Gasteiger partial charge in [0.15, 0.2) is 5.65 Å². The molecule has 5 aromatic rings. The zero-order valence-electron chi connectivity index (χ0n) is 15.7. The molecule has 30 heavy (non-hydrogen) atoms. The van der Waals surface area contributed by atoms with Gasteiger partial charge in [-0.05, 0) is 36.8 Å². The minimum Gasteiger partial charge on any atom is -0.458 e. The molecule has 0 aliphatic carbocycles. The summed E-state index contributed by atoms with van der Waals surface area (Å²) >= 11 is 6.15. The lowest BCUT2D eigenvalue weighted by Crippen LogP contribution is -2.16. The molecule has 8 heteroatoms. The summed E-state index contributed by atoms with van der Waals surface area (Å²) in [6.45, 7) is 1.83. The Morgan fingerprint density at radius 2 is 1.93 bits per heavy atom. The standard InChI is InChI=1S/C22H14ClFN4O2/c1-12(28-22-16(10-27-28)21(23)25-11-26-22)20-18(13-5-4-6-14(24)9-13)19(29)15-7-2-3-8-17(15)30-20/h2-12H,1H3. The van der Waals surface area contributed by atoms with Crippen molar-refractivity contribution in [3.05, 3.63) is 88.0 Å². The second-order valence-corrected chi connectivity index (χ2v) is 7.20. The van der Waals surface area contributed by atoms with Crippen molar-refractivity contribution in [2.45, 2.75) is 13.0 Å². The number of hydrogen-bond acceptors (Lipinski definition) is 5. The Balaban J connectivity index is 1.82. The minimum atomic E-state index is -0.524. The molecule has 3 aromatic heterocycles. The van der Waals surface area contributed by atoms with Crippen molar-refractivity contribution in [2.24, 2.45) is 0 Å². The average Bonchev–Trinajstić information content (AvgIpc) is 3.19. The molecule has 2 aromatic carbocycles. The molecule has 1 atom stereocenters. The van der Waals surface area contributed by atoms with Gasteiger partial charge in [-0.25, -0.2) is 19.0 Å². The van der Waals surface area contributed by atoms with E-state index in [-0.39, 0.29) is 16.1 Å². The van der Waals surface area contributed by atoms with Crippen LogP contribution in [0.2, 0.25) is 5.15 Å². The van der Waals surface area contributed by atoms with Crippen LogP contribution >= 0.6 is 11.6 Å². The van der Waals surface area contributed by atoms with E-state index in [9.17, 15) is 9.18 Å². The molecule has 0 aliphatic heterocycles. The zero-order chi connectivity index (χ0) is 20.8. The van der Waals surface area contributed by atoms with E-state index in [2.05, 4.69) is 15.1 Å². The Bertz CT molecular complexity index is 1480. The van der Waals surface area contributed by atoms with Crippen LogP contribution in [0.5, 0.6) is 0 Å². The van der Waals surface area contributed by atoms with E-state index in [1.165, 1.54) is 18.5 Å². The first-order chi connectivity index (χ1) is 14.5. The molecule has 3 heterocycles. The first kappa shape index (κ1) is 18.4. The summed E-state index contributed by atoms with van der Waals surface area (Å²) in [7, 11) is 0. The molecule has 5 rings (SSSR count). The van der Waals surface area contributed by atoms with Crippen molar-refractivity contribution < 1.29 is 8.81 Å². The highest BCUT2D eigenvalue weighted by Crippen LogP contribution is 2.32. The van der Waals surface area contributed by atoms with Crippen molar-refractivity contribution in [3.8, 4) is 11.1 Å². The maximum atomic E-state index is 14.0. The van der Waals surface area contributed by atoms with Gasteiger partial charge >= 0.3 is 0 Å². The molecule has 0 fully saturated rings. The maximum Gasteiger partial charge on any atom is 0.200 e. The van der Waals surface area contributed by atoms with Crippen molar-refractivity contribution in [3.63, 3.8) is 0 Å². The molecule has 0 bridgehead atoms. The lowest BCUT2D eigenvalue weighted by atomic mass is 9.99. The summed E-state index contributed by atoms with van der Waals surface area (Å²) in [5.74, 6) is -0.0910. The third kappa shape index (κ3) is 2.86. The number of rotatable bonds is 3. The molecule has 0 amide bonds. The topological polar surface area (TPSA) is 73.8 Å². The van der Waals surface area contributed by atoms with Crippen LogP contribution in [0.4, 0.5) is 4.39 Å². The predicted molar refractivity (Wildman–Crippen MR) is 112 cm³/mol.